The van der Waals surface area contributed by atoms with Crippen LogP contribution in [0.5, 0.6) is 0 Å². The first-order valence-corrected chi connectivity index (χ1v) is 4.21. The third-order valence-corrected chi connectivity index (χ3v) is 1.72. The summed E-state index contributed by atoms with van der Waals surface area (Å²) in [6.45, 7) is 5.58. The lowest BCUT2D eigenvalue weighted by Gasteiger charge is -2.36. The number of aliphatic hydroxyl groups excluding tert-OH is 2. The zero-order valence-electron chi connectivity index (χ0n) is 8.30. The quantitative estimate of drug-likeness (QED) is 0.417. The van der Waals surface area contributed by atoms with Crippen LogP contribution >= 0.6 is 0 Å². The Balaban J connectivity index is 4.20. The molecule has 0 saturated carbocycles. The van der Waals surface area contributed by atoms with Crippen LogP contribution in [0.4, 0.5) is 0 Å². The average Bonchev–Trinajstić information content (AvgIpc) is 1.81. The molecular formula is C8H19NO4. The summed E-state index contributed by atoms with van der Waals surface area (Å²) >= 11 is 0. The van der Waals surface area contributed by atoms with Crippen molar-refractivity contribution in [3.8, 4) is 0 Å². The third kappa shape index (κ3) is 5.95. The standard InChI is InChI=1S/C8H19NO4/c1-8(2,3)9(4-6(10)11)5-7(12)13/h6-7,10-13H,4-5H2,1-3H3. The van der Waals surface area contributed by atoms with Gasteiger partial charge in [-0.15, -0.1) is 0 Å². The lowest BCUT2D eigenvalue weighted by atomic mass is 10.1. The SMILES string of the molecule is CC(C)(C)N(CC(O)O)CC(O)O. The summed E-state index contributed by atoms with van der Waals surface area (Å²) in [5, 5.41) is 35.0. The van der Waals surface area contributed by atoms with Gasteiger partial charge in [0.25, 0.3) is 0 Å². The summed E-state index contributed by atoms with van der Waals surface area (Å²) in [7, 11) is 0. The zero-order valence-corrected chi connectivity index (χ0v) is 8.30. The van der Waals surface area contributed by atoms with Crippen LogP contribution < -0.4 is 0 Å². The number of aliphatic hydroxyl groups is 4. The van der Waals surface area contributed by atoms with Crippen molar-refractivity contribution in [3.05, 3.63) is 0 Å². The highest BCUT2D eigenvalue weighted by atomic mass is 16.5. The van der Waals surface area contributed by atoms with Gasteiger partial charge in [0.15, 0.2) is 12.6 Å². The minimum absolute atomic E-state index is 0.00111. The number of rotatable bonds is 4. The molecule has 0 spiro atoms. The van der Waals surface area contributed by atoms with Gasteiger partial charge in [0.05, 0.1) is 0 Å². The Bertz CT molecular complexity index is 132. The summed E-state index contributed by atoms with van der Waals surface area (Å²) in [5.74, 6) is 0. The molecule has 0 aliphatic rings. The van der Waals surface area contributed by atoms with Crippen molar-refractivity contribution >= 4 is 0 Å². The number of hydrogen-bond donors (Lipinski definition) is 4. The van der Waals surface area contributed by atoms with E-state index in [9.17, 15) is 0 Å². The highest BCUT2D eigenvalue weighted by Gasteiger charge is 2.24. The smallest absolute Gasteiger partial charge is 0.164 e. The van der Waals surface area contributed by atoms with Gasteiger partial charge in [0, 0.05) is 18.6 Å². The molecule has 0 bridgehead atoms. The summed E-state index contributed by atoms with van der Waals surface area (Å²) in [4.78, 5) is 1.59. The average molecular weight is 193 g/mol. The highest BCUT2D eigenvalue weighted by molar-refractivity contribution is 4.76. The lowest BCUT2D eigenvalue weighted by molar-refractivity contribution is -0.113. The molecule has 0 heterocycles. The van der Waals surface area contributed by atoms with Crippen molar-refractivity contribution < 1.29 is 20.4 Å². The molecule has 5 heteroatoms. The molecule has 0 aliphatic carbocycles. The Morgan fingerprint density at radius 3 is 1.38 bits per heavy atom. The van der Waals surface area contributed by atoms with E-state index in [0.29, 0.717) is 0 Å². The van der Waals surface area contributed by atoms with Crippen LogP contribution in [0.2, 0.25) is 0 Å². The maximum Gasteiger partial charge on any atom is 0.164 e. The molecule has 0 unspecified atom stereocenters. The molecule has 80 valence electrons. The van der Waals surface area contributed by atoms with Gasteiger partial charge >= 0.3 is 0 Å². The monoisotopic (exact) mass is 193 g/mol. The van der Waals surface area contributed by atoms with Crippen molar-refractivity contribution in [2.24, 2.45) is 0 Å². The molecule has 0 aromatic rings. The van der Waals surface area contributed by atoms with E-state index in [1.165, 1.54) is 0 Å². The molecule has 4 N–H and O–H groups in total. The van der Waals surface area contributed by atoms with Gasteiger partial charge in [0.2, 0.25) is 0 Å². The van der Waals surface area contributed by atoms with Crippen LogP contribution in [0.1, 0.15) is 20.8 Å². The third-order valence-electron chi connectivity index (χ3n) is 1.72. The van der Waals surface area contributed by atoms with E-state index in [1.54, 1.807) is 4.90 Å². The summed E-state index contributed by atoms with van der Waals surface area (Å²) in [5.41, 5.74) is -0.326. The van der Waals surface area contributed by atoms with E-state index in [1.807, 2.05) is 20.8 Å². The first-order chi connectivity index (χ1) is 5.73. The minimum Gasteiger partial charge on any atom is -0.367 e. The summed E-state index contributed by atoms with van der Waals surface area (Å²) in [6.07, 6.45) is -2.92. The van der Waals surface area contributed by atoms with Crippen LogP contribution in [0.3, 0.4) is 0 Å². The first kappa shape index (κ1) is 12.8. The molecule has 0 saturated heterocycles. The second-order valence-electron chi connectivity index (χ2n) is 4.04. The fourth-order valence-electron chi connectivity index (χ4n) is 1.02. The number of β-amino-alcohol motifs (C(OH)–C–C–N with tert-alkyl or cyclic N) is 4. The molecule has 0 atom stereocenters. The Morgan fingerprint density at radius 2 is 1.23 bits per heavy atom. The first-order valence-electron chi connectivity index (χ1n) is 4.21. The van der Waals surface area contributed by atoms with Crippen molar-refractivity contribution in [2.75, 3.05) is 13.1 Å². The Labute approximate surface area is 78.2 Å². The molecule has 0 fully saturated rings. The predicted octanol–water partition coefficient (Wildman–Crippen LogP) is -1.29. The van der Waals surface area contributed by atoms with E-state index in [4.69, 9.17) is 20.4 Å². The van der Waals surface area contributed by atoms with E-state index < -0.39 is 12.6 Å². The largest absolute Gasteiger partial charge is 0.367 e. The molecule has 0 aromatic carbocycles. The molecule has 13 heavy (non-hydrogen) atoms. The highest BCUT2D eigenvalue weighted by Crippen LogP contribution is 2.13. The van der Waals surface area contributed by atoms with Crippen LogP contribution in [-0.4, -0.2) is 56.5 Å². The maximum atomic E-state index is 8.75. The van der Waals surface area contributed by atoms with Crippen molar-refractivity contribution in [2.45, 2.75) is 38.9 Å². The van der Waals surface area contributed by atoms with Crippen LogP contribution in [0, 0.1) is 0 Å². The zero-order chi connectivity index (χ0) is 10.6. The van der Waals surface area contributed by atoms with Crippen molar-refractivity contribution in [1.29, 1.82) is 0 Å². The Hall–Kier alpha value is -0.200. The van der Waals surface area contributed by atoms with E-state index in [-0.39, 0.29) is 18.6 Å². The fraction of sp³-hybridized carbons (Fsp3) is 1.00. The normalized spacial score (nSPS) is 13.4. The van der Waals surface area contributed by atoms with Crippen LogP contribution in [0.25, 0.3) is 0 Å². The van der Waals surface area contributed by atoms with Crippen LogP contribution in [0.15, 0.2) is 0 Å². The predicted molar refractivity (Wildman–Crippen MR) is 47.8 cm³/mol. The molecular weight excluding hydrogens is 174 g/mol. The van der Waals surface area contributed by atoms with Gasteiger partial charge in [-0.3, -0.25) is 4.90 Å². The lowest BCUT2D eigenvalue weighted by Crippen LogP contribution is -2.48. The maximum absolute atomic E-state index is 8.75. The Kier molecular flexibility index (Phi) is 4.80. The van der Waals surface area contributed by atoms with Gasteiger partial charge in [-0.1, -0.05) is 0 Å². The van der Waals surface area contributed by atoms with Crippen LogP contribution in [-0.2, 0) is 0 Å². The summed E-state index contributed by atoms with van der Waals surface area (Å²) in [6, 6.07) is 0. The molecule has 0 aromatic heterocycles. The number of nitrogens with zero attached hydrogens (tertiary/aromatic N) is 1. The van der Waals surface area contributed by atoms with Gasteiger partial charge in [0.1, 0.15) is 0 Å². The summed E-state index contributed by atoms with van der Waals surface area (Å²) < 4.78 is 0. The molecule has 5 nitrogen and oxygen atoms in total. The molecule has 0 aliphatic heterocycles. The van der Waals surface area contributed by atoms with Crippen molar-refractivity contribution in [3.63, 3.8) is 0 Å². The molecule has 0 amide bonds. The number of hydrogen-bond acceptors (Lipinski definition) is 5. The topological polar surface area (TPSA) is 84.2 Å². The van der Waals surface area contributed by atoms with Gasteiger partial charge in [-0.05, 0) is 20.8 Å². The molecule has 0 radical (unpaired) electrons. The second-order valence-corrected chi connectivity index (χ2v) is 4.04. The van der Waals surface area contributed by atoms with Crippen molar-refractivity contribution in [1.82, 2.24) is 4.90 Å². The minimum atomic E-state index is -1.46. The van der Waals surface area contributed by atoms with Gasteiger partial charge < -0.3 is 20.4 Å². The van der Waals surface area contributed by atoms with Gasteiger partial charge in [-0.25, -0.2) is 0 Å². The van der Waals surface area contributed by atoms with E-state index in [2.05, 4.69) is 0 Å². The fourth-order valence-corrected chi connectivity index (χ4v) is 1.02. The van der Waals surface area contributed by atoms with E-state index in [0.717, 1.165) is 0 Å². The van der Waals surface area contributed by atoms with Gasteiger partial charge in [-0.2, -0.15) is 0 Å². The van der Waals surface area contributed by atoms with E-state index >= 15 is 0 Å². The molecule has 0 rings (SSSR count). The second kappa shape index (κ2) is 4.88. The Morgan fingerprint density at radius 1 is 0.923 bits per heavy atom.